The van der Waals surface area contributed by atoms with Crippen molar-refractivity contribution in [3.63, 3.8) is 0 Å². The number of hydrogen-bond donors (Lipinski definition) is 2. The van der Waals surface area contributed by atoms with E-state index in [0.717, 1.165) is 12.8 Å². The molecule has 0 aromatic heterocycles. The molecule has 1 rings (SSSR count). The van der Waals surface area contributed by atoms with Crippen LogP contribution in [0.25, 0.3) is 0 Å². The fourth-order valence-electron chi connectivity index (χ4n) is 1.76. The number of nitrogens with two attached hydrogens (primary N) is 1. The molecule has 1 aromatic rings. The number of rotatable bonds is 7. The van der Waals surface area contributed by atoms with Crippen molar-refractivity contribution in [1.82, 2.24) is 4.72 Å². The Morgan fingerprint density at radius 2 is 2.05 bits per heavy atom. The van der Waals surface area contributed by atoms with Gasteiger partial charge in [0.05, 0.1) is 0 Å². The summed E-state index contributed by atoms with van der Waals surface area (Å²) in [6.45, 7) is 4.37. The zero-order chi connectivity index (χ0) is 15.3. The Morgan fingerprint density at radius 1 is 1.40 bits per heavy atom. The highest BCUT2D eigenvalue weighted by Crippen LogP contribution is 2.23. The summed E-state index contributed by atoms with van der Waals surface area (Å²) in [5, 5.41) is 0. The van der Waals surface area contributed by atoms with Gasteiger partial charge in [-0.05, 0) is 30.9 Å². The monoisotopic (exact) mass is 366 g/mol. The van der Waals surface area contributed by atoms with Crippen molar-refractivity contribution in [3.8, 4) is 0 Å². The maximum absolute atomic E-state index is 14.1. The van der Waals surface area contributed by atoms with Crippen LogP contribution in [0.3, 0.4) is 0 Å². The smallest absolute Gasteiger partial charge is 0.243 e. The number of halogens is 2. The third-order valence-corrected chi connectivity index (χ3v) is 4.76. The Hall–Kier alpha value is -0.500. The first-order valence-electron chi connectivity index (χ1n) is 6.45. The van der Waals surface area contributed by atoms with Crippen molar-refractivity contribution in [1.29, 1.82) is 0 Å². The van der Waals surface area contributed by atoms with Gasteiger partial charge in [0.25, 0.3) is 0 Å². The zero-order valence-electron chi connectivity index (χ0n) is 11.6. The lowest BCUT2D eigenvalue weighted by Gasteiger charge is -2.11. The van der Waals surface area contributed by atoms with Gasteiger partial charge in [-0.3, -0.25) is 0 Å². The van der Waals surface area contributed by atoms with Crippen molar-refractivity contribution >= 4 is 26.0 Å². The Morgan fingerprint density at radius 3 is 2.60 bits per heavy atom. The minimum Gasteiger partial charge on any atom is -0.326 e. The van der Waals surface area contributed by atoms with Crippen LogP contribution in [0.15, 0.2) is 21.5 Å². The summed E-state index contributed by atoms with van der Waals surface area (Å²) >= 11 is 3.17. The Kier molecular flexibility index (Phi) is 6.57. The molecule has 0 radical (unpaired) electrons. The number of nitrogens with one attached hydrogen (secondary N) is 1. The average molecular weight is 367 g/mol. The lowest BCUT2D eigenvalue weighted by molar-refractivity contribution is 0.531. The molecule has 20 heavy (non-hydrogen) atoms. The van der Waals surface area contributed by atoms with Crippen LogP contribution < -0.4 is 10.5 Å². The van der Waals surface area contributed by atoms with E-state index in [4.69, 9.17) is 5.73 Å². The molecule has 0 aliphatic heterocycles. The van der Waals surface area contributed by atoms with E-state index in [1.54, 1.807) is 0 Å². The van der Waals surface area contributed by atoms with Crippen molar-refractivity contribution in [2.45, 2.75) is 38.1 Å². The summed E-state index contributed by atoms with van der Waals surface area (Å²) in [7, 11) is -3.85. The summed E-state index contributed by atoms with van der Waals surface area (Å²) in [4.78, 5) is -0.364. The van der Waals surface area contributed by atoms with Crippen LogP contribution in [-0.4, -0.2) is 15.0 Å². The maximum Gasteiger partial charge on any atom is 0.243 e. The minimum absolute atomic E-state index is 0.0544. The molecule has 0 heterocycles. The summed E-state index contributed by atoms with van der Waals surface area (Å²) in [6.07, 6.45) is 1.63. The Labute approximate surface area is 128 Å². The van der Waals surface area contributed by atoms with Crippen LogP contribution in [0, 0.1) is 11.7 Å². The van der Waals surface area contributed by atoms with Crippen LogP contribution in [0.2, 0.25) is 0 Å². The topological polar surface area (TPSA) is 72.2 Å². The lowest BCUT2D eigenvalue weighted by Crippen LogP contribution is -2.26. The molecule has 0 saturated heterocycles. The summed E-state index contributed by atoms with van der Waals surface area (Å²) < 4.78 is 41.2. The minimum atomic E-state index is -3.85. The molecule has 0 fully saturated rings. The van der Waals surface area contributed by atoms with E-state index in [0.29, 0.717) is 16.9 Å². The van der Waals surface area contributed by atoms with Crippen molar-refractivity contribution in [2.24, 2.45) is 11.7 Å². The molecule has 0 spiro atoms. The normalized spacial score (nSPS) is 12.1. The SMILES string of the molecule is CC(C)CCCNS(=O)(=O)c1cc(Br)cc(CN)c1F. The van der Waals surface area contributed by atoms with Crippen molar-refractivity contribution in [3.05, 3.63) is 28.0 Å². The predicted octanol–water partition coefficient (Wildman–Crippen LogP) is 2.76. The molecule has 0 aliphatic rings. The maximum atomic E-state index is 14.1. The fourth-order valence-corrected chi connectivity index (χ4v) is 3.63. The molecule has 0 unspecified atom stereocenters. The van der Waals surface area contributed by atoms with Crippen LogP contribution in [0.4, 0.5) is 4.39 Å². The average Bonchev–Trinajstić information content (AvgIpc) is 2.36. The summed E-state index contributed by atoms with van der Waals surface area (Å²) in [5.74, 6) is -0.280. The van der Waals surface area contributed by atoms with Gasteiger partial charge in [0, 0.05) is 23.1 Å². The molecule has 0 atom stereocenters. The summed E-state index contributed by atoms with van der Waals surface area (Å²) in [6, 6.07) is 2.73. The van der Waals surface area contributed by atoms with Crippen LogP contribution >= 0.6 is 15.9 Å². The first kappa shape index (κ1) is 17.6. The second-order valence-corrected chi connectivity index (χ2v) is 7.67. The number of sulfonamides is 1. The molecule has 7 heteroatoms. The zero-order valence-corrected chi connectivity index (χ0v) is 14.0. The van der Waals surface area contributed by atoms with Gasteiger partial charge < -0.3 is 5.73 Å². The second-order valence-electron chi connectivity index (χ2n) is 5.02. The predicted molar refractivity (Wildman–Crippen MR) is 81.3 cm³/mol. The van der Waals surface area contributed by atoms with Crippen LogP contribution in [-0.2, 0) is 16.6 Å². The third-order valence-electron chi connectivity index (χ3n) is 2.84. The molecule has 114 valence electrons. The van der Waals surface area contributed by atoms with E-state index in [-0.39, 0.29) is 17.0 Å². The molecule has 0 saturated carbocycles. The lowest BCUT2D eigenvalue weighted by atomic mass is 10.1. The Balaban J connectivity index is 2.90. The molecule has 4 nitrogen and oxygen atoms in total. The van der Waals surface area contributed by atoms with Gasteiger partial charge in [-0.2, -0.15) is 0 Å². The molecule has 0 aliphatic carbocycles. The molecule has 1 aromatic carbocycles. The van der Waals surface area contributed by atoms with E-state index in [9.17, 15) is 12.8 Å². The van der Waals surface area contributed by atoms with Crippen molar-refractivity contribution in [2.75, 3.05) is 6.54 Å². The summed E-state index contributed by atoms with van der Waals surface area (Å²) in [5.41, 5.74) is 5.58. The third kappa shape index (κ3) is 4.80. The first-order chi connectivity index (χ1) is 9.27. The van der Waals surface area contributed by atoms with Crippen LogP contribution in [0.1, 0.15) is 32.3 Å². The van der Waals surface area contributed by atoms with Gasteiger partial charge in [0.1, 0.15) is 10.7 Å². The second kappa shape index (κ2) is 7.49. The van der Waals surface area contributed by atoms with Gasteiger partial charge in [-0.25, -0.2) is 17.5 Å². The van der Waals surface area contributed by atoms with Crippen LogP contribution in [0.5, 0.6) is 0 Å². The number of hydrogen-bond acceptors (Lipinski definition) is 3. The van der Waals surface area contributed by atoms with Gasteiger partial charge in [0.2, 0.25) is 10.0 Å². The van der Waals surface area contributed by atoms with E-state index >= 15 is 0 Å². The first-order valence-corrected chi connectivity index (χ1v) is 8.73. The fraction of sp³-hybridized carbons (Fsp3) is 0.538. The molecular weight excluding hydrogens is 347 g/mol. The van der Waals surface area contributed by atoms with Gasteiger partial charge in [-0.1, -0.05) is 29.8 Å². The largest absolute Gasteiger partial charge is 0.326 e. The molecule has 0 bridgehead atoms. The van der Waals surface area contributed by atoms with E-state index < -0.39 is 15.8 Å². The highest BCUT2D eigenvalue weighted by Gasteiger charge is 2.21. The van der Waals surface area contributed by atoms with Gasteiger partial charge in [-0.15, -0.1) is 0 Å². The van der Waals surface area contributed by atoms with E-state index in [1.165, 1.54) is 12.1 Å². The highest BCUT2D eigenvalue weighted by atomic mass is 79.9. The van der Waals surface area contributed by atoms with Gasteiger partial charge >= 0.3 is 0 Å². The van der Waals surface area contributed by atoms with Crippen molar-refractivity contribution < 1.29 is 12.8 Å². The quantitative estimate of drug-likeness (QED) is 0.728. The highest BCUT2D eigenvalue weighted by molar-refractivity contribution is 9.10. The molecular formula is C13H20BrFN2O2S. The standard InChI is InChI=1S/C13H20BrFN2O2S/c1-9(2)4-3-5-17-20(18,19)12-7-11(14)6-10(8-16)13(12)15/h6-7,9,17H,3-5,8,16H2,1-2H3. The molecule has 0 amide bonds. The Bertz CT molecular complexity index is 562. The molecule has 3 N–H and O–H groups in total. The van der Waals surface area contributed by atoms with Gasteiger partial charge in [0.15, 0.2) is 0 Å². The van der Waals surface area contributed by atoms with E-state index in [1.807, 2.05) is 0 Å². The number of benzene rings is 1. The van der Waals surface area contributed by atoms with E-state index in [2.05, 4.69) is 34.5 Å².